The van der Waals surface area contributed by atoms with E-state index in [1.807, 2.05) is 62.6 Å². The third kappa shape index (κ3) is 17.9. The zero-order chi connectivity index (χ0) is 72.7. The molecular formula is C75H74F4N20O4. The lowest BCUT2D eigenvalue weighted by molar-refractivity contribution is 0.0984. The van der Waals surface area contributed by atoms with Crippen molar-refractivity contribution in [3.05, 3.63) is 253 Å². The van der Waals surface area contributed by atoms with Gasteiger partial charge in [0, 0.05) is 183 Å². The zero-order valence-corrected chi connectivity index (χ0v) is 57.5. The molecule has 24 nitrogen and oxygen atoms in total. The van der Waals surface area contributed by atoms with Crippen LogP contribution in [0.2, 0.25) is 0 Å². The topological polar surface area (TPSA) is 243 Å². The van der Waals surface area contributed by atoms with Crippen molar-refractivity contribution in [2.45, 2.75) is 0 Å². The lowest BCUT2D eigenvalue weighted by Gasteiger charge is -2.34. The minimum absolute atomic E-state index is 0.260. The minimum Gasteiger partial charge on any atom is -0.354 e. The number of aryl methyl sites for hydroxylation is 4. The van der Waals surface area contributed by atoms with Gasteiger partial charge in [-0.15, -0.1) is 0 Å². The van der Waals surface area contributed by atoms with Crippen LogP contribution < -0.4 is 30.7 Å². The minimum atomic E-state index is -0.380. The Hall–Kier alpha value is -12.6. The highest BCUT2D eigenvalue weighted by molar-refractivity contribution is 6.11. The molecule has 12 aromatic rings. The Bertz CT molecular complexity index is 4840. The Morgan fingerprint density at radius 1 is 0.379 bits per heavy atom. The maximum atomic E-state index is 13.2. The maximum Gasteiger partial charge on any atom is 0.279 e. The van der Waals surface area contributed by atoms with E-state index in [1.165, 1.54) is 89.8 Å². The Labute approximate surface area is 591 Å². The van der Waals surface area contributed by atoms with Gasteiger partial charge in [-0.25, -0.2) is 17.6 Å². The molecule has 2 aliphatic heterocycles. The zero-order valence-electron chi connectivity index (χ0n) is 57.5. The predicted molar refractivity (Wildman–Crippen MR) is 387 cm³/mol. The molecule has 0 atom stereocenters. The number of amides is 4. The second-order valence-electron chi connectivity index (χ2n) is 24.2. The number of benzene rings is 4. The SMILES string of the molecule is CN(C(=O)c1nn(C)cc1-c1ccncc1)c1ccc(F)cc1.CN1CCN(c2c(-c3ccncc3)c(C(=O)Nc3ccc(F)cc3)nn2C)CC1.CN1CCN(c2c(-c3ccncc3)c(NC(=O)c3ccc(F)cc3)nn2C)CC1.Cn1cc(-c2ccncc2)c(C(=O)Nc2ccc(F)cc2)n1. The van der Waals surface area contributed by atoms with Gasteiger partial charge in [0.2, 0.25) is 0 Å². The van der Waals surface area contributed by atoms with Crippen LogP contribution in [0.3, 0.4) is 0 Å². The van der Waals surface area contributed by atoms with Crippen molar-refractivity contribution >= 4 is 58.1 Å². The van der Waals surface area contributed by atoms with Crippen LogP contribution in [0, 0.1) is 23.3 Å². The third-order valence-electron chi connectivity index (χ3n) is 16.9. The molecule has 3 N–H and O–H groups in total. The lowest BCUT2D eigenvalue weighted by Crippen LogP contribution is -2.45. The Morgan fingerprint density at radius 3 is 1.18 bits per heavy atom. The molecule has 0 aliphatic carbocycles. The summed E-state index contributed by atoms with van der Waals surface area (Å²) in [4.78, 5) is 77.7. The number of anilines is 6. The van der Waals surface area contributed by atoms with E-state index in [2.05, 4.69) is 90.0 Å². The molecule has 526 valence electrons. The number of hydrogen-bond donors (Lipinski definition) is 3. The monoisotopic (exact) mass is 1390 g/mol. The summed E-state index contributed by atoms with van der Waals surface area (Å²) < 4.78 is 59.1. The number of carbonyl (C=O) groups is 4. The first-order valence-electron chi connectivity index (χ1n) is 32.7. The molecule has 0 saturated carbocycles. The molecule has 14 rings (SSSR count). The number of carbonyl (C=O) groups excluding carboxylic acids is 4. The summed E-state index contributed by atoms with van der Waals surface area (Å²) in [6.45, 7) is 7.26. The molecule has 0 unspecified atom stereocenters. The number of likely N-dealkylation sites (N-methyl/N-ethyl adjacent to an activating group) is 2. The average Bonchev–Trinajstić information content (AvgIpc) is 1.64. The molecule has 8 aromatic heterocycles. The highest BCUT2D eigenvalue weighted by atomic mass is 19.1. The normalized spacial score (nSPS) is 12.9. The number of halogens is 4. The van der Waals surface area contributed by atoms with E-state index in [0.29, 0.717) is 51.1 Å². The number of rotatable bonds is 14. The molecular weight excluding hydrogens is 1320 g/mol. The van der Waals surface area contributed by atoms with E-state index >= 15 is 0 Å². The number of aromatic nitrogens is 12. The smallest absolute Gasteiger partial charge is 0.279 e. The summed E-state index contributed by atoms with van der Waals surface area (Å²) in [7, 11) is 13.1. The first-order valence-corrected chi connectivity index (χ1v) is 32.7. The summed E-state index contributed by atoms with van der Waals surface area (Å²) in [5, 5.41) is 26.1. The molecule has 4 aromatic carbocycles. The second-order valence-corrected chi connectivity index (χ2v) is 24.2. The fourth-order valence-electron chi connectivity index (χ4n) is 11.6. The quantitative estimate of drug-likeness (QED) is 0.0857. The van der Waals surface area contributed by atoms with Crippen molar-refractivity contribution in [2.24, 2.45) is 28.2 Å². The van der Waals surface area contributed by atoms with E-state index in [9.17, 15) is 36.7 Å². The standard InChI is InChI=1S/2C21H23FN6O.C17H15FN4O.C16H13FN4O/c1-26-11-13-28(14-12-26)21-18(15-7-9-23-10-8-15)19(25-27(21)2)20(29)24-17-5-3-16(22)4-6-17;1-26-11-13-28(14-12-26)21-18(15-7-9-23-10-8-15)19(25-27(21)2)24-20(29)16-3-5-17(22)6-4-16;1-21-11-15(12-7-9-19-10-8-12)16(20-21)17(23)22(2)14-5-3-13(18)4-6-14;1-21-10-14(11-6-8-18-9-7-11)15(20-21)16(22)19-13-4-2-12(17)3-5-13/h3-10H,11-14H2,1-2H3,(H,24,29);3-10H,11-14H2,1-2H3,(H,24,25,29);3-11H,1-2H3;2-10H,1H3,(H,19,22). The molecule has 0 spiro atoms. The number of nitrogens with one attached hydrogen (secondary N) is 3. The Kier molecular flexibility index (Phi) is 23.0. The van der Waals surface area contributed by atoms with E-state index in [1.54, 1.807) is 114 Å². The van der Waals surface area contributed by atoms with Crippen LogP contribution >= 0.6 is 0 Å². The van der Waals surface area contributed by atoms with Gasteiger partial charge in [-0.1, -0.05) is 0 Å². The van der Waals surface area contributed by atoms with Crippen LogP contribution in [0.1, 0.15) is 41.8 Å². The number of hydrogen-bond acceptors (Lipinski definition) is 16. The van der Waals surface area contributed by atoms with Crippen LogP contribution in [0.5, 0.6) is 0 Å². The van der Waals surface area contributed by atoms with Gasteiger partial charge in [-0.05, 0) is 182 Å². The molecule has 28 heteroatoms. The molecule has 10 heterocycles. The van der Waals surface area contributed by atoms with Crippen LogP contribution in [0.15, 0.2) is 208 Å². The largest absolute Gasteiger partial charge is 0.354 e. The first kappa shape index (κ1) is 71.7. The van der Waals surface area contributed by atoms with Crippen molar-refractivity contribution in [3.8, 4) is 44.5 Å². The summed E-state index contributed by atoms with van der Waals surface area (Å²) >= 11 is 0. The predicted octanol–water partition coefficient (Wildman–Crippen LogP) is 11.0. The summed E-state index contributed by atoms with van der Waals surface area (Å²) in [6.07, 6.45) is 17.1. The highest BCUT2D eigenvalue weighted by Gasteiger charge is 2.30. The fraction of sp³-hybridized carbons (Fsp3) is 0.200. The van der Waals surface area contributed by atoms with Gasteiger partial charge in [0.25, 0.3) is 23.6 Å². The van der Waals surface area contributed by atoms with Gasteiger partial charge in [-0.2, -0.15) is 20.4 Å². The van der Waals surface area contributed by atoms with Crippen LogP contribution in [0.25, 0.3) is 44.5 Å². The van der Waals surface area contributed by atoms with E-state index in [4.69, 9.17) is 0 Å². The van der Waals surface area contributed by atoms with Gasteiger partial charge in [-0.3, -0.25) is 57.8 Å². The molecule has 0 radical (unpaired) electrons. The van der Waals surface area contributed by atoms with Crippen molar-refractivity contribution in [2.75, 3.05) is 104 Å². The van der Waals surface area contributed by atoms with Gasteiger partial charge in [0.05, 0.1) is 11.1 Å². The van der Waals surface area contributed by atoms with Gasteiger partial charge >= 0.3 is 0 Å². The van der Waals surface area contributed by atoms with Crippen LogP contribution in [-0.4, -0.2) is 166 Å². The van der Waals surface area contributed by atoms with Gasteiger partial charge in [0.1, 0.15) is 34.9 Å². The van der Waals surface area contributed by atoms with Crippen molar-refractivity contribution in [1.82, 2.24) is 68.9 Å². The maximum absolute atomic E-state index is 13.2. The highest BCUT2D eigenvalue weighted by Crippen LogP contribution is 2.39. The average molecular weight is 1400 g/mol. The third-order valence-corrected chi connectivity index (χ3v) is 16.9. The van der Waals surface area contributed by atoms with Crippen molar-refractivity contribution in [3.63, 3.8) is 0 Å². The molecule has 2 saturated heterocycles. The summed E-state index contributed by atoms with van der Waals surface area (Å²) in [6, 6.07) is 37.3. The summed E-state index contributed by atoms with van der Waals surface area (Å²) in [5.41, 5.74) is 9.58. The molecule has 103 heavy (non-hydrogen) atoms. The Morgan fingerprint density at radius 2 is 0.738 bits per heavy atom. The van der Waals surface area contributed by atoms with Crippen LogP contribution in [-0.2, 0) is 28.2 Å². The van der Waals surface area contributed by atoms with Gasteiger partial charge in [0.15, 0.2) is 22.9 Å². The second kappa shape index (κ2) is 33.1. The van der Waals surface area contributed by atoms with E-state index in [0.717, 1.165) is 103 Å². The van der Waals surface area contributed by atoms with Crippen LogP contribution in [0.4, 0.5) is 52.1 Å². The number of piperazine rings is 2. The molecule has 0 bridgehead atoms. The Balaban J connectivity index is 0.000000139. The van der Waals surface area contributed by atoms with E-state index in [-0.39, 0.29) is 46.9 Å². The fourth-order valence-corrected chi connectivity index (χ4v) is 11.6. The number of nitrogens with zero attached hydrogens (tertiary/aromatic N) is 17. The summed E-state index contributed by atoms with van der Waals surface area (Å²) in [5.74, 6) is -0.358. The molecule has 2 aliphatic rings. The lowest BCUT2D eigenvalue weighted by atomic mass is 10.1. The van der Waals surface area contributed by atoms with Crippen molar-refractivity contribution < 1.29 is 36.7 Å². The van der Waals surface area contributed by atoms with Crippen molar-refractivity contribution in [1.29, 1.82) is 0 Å². The molecule has 4 amide bonds. The number of pyridine rings is 4. The first-order chi connectivity index (χ1) is 49.7. The molecule has 2 fully saturated rings. The van der Waals surface area contributed by atoms with Gasteiger partial charge < -0.3 is 40.4 Å². The van der Waals surface area contributed by atoms with E-state index < -0.39 is 0 Å².